The molecule has 1 nitrogen and oxygen atoms in total. The van der Waals surface area contributed by atoms with Gasteiger partial charge in [-0.3, -0.25) is 0 Å². The molecule has 0 saturated heterocycles. The van der Waals surface area contributed by atoms with Gasteiger partial charge in [0, 0.05) is 6.04 Å². The van der Waals surface area contributed by atoms with Gasteiger partial charge in [-0.1, -0.05) is 30.4 Å². The van der Waals surface area contributed by atoms with Gasteiger partial charge in [0.15, 0.2) is 0 Å². The highest BCUT2D eigenvalue weighted by Gasteiger charge is 2.10. The SMILES string of the molecule is C[C@H](N)c1cccc2c1C=CCC2. The molecule has 0 fully saturated rings. The molecule has 0 saturated carbocycles. The smallest absolute Gasteiger partial charge is 0.0272 e. The zero-order valence-corrected chi connectivity index (χ0v) is 7.96. The first-order valence-electron chi connectivity index (χ1n) is 4.83. The van der Waals surface area contributed by atoms with Gasteiger partial charge in [-0.25, -0.2) is 0 Å². The maximum Gasteiger partial charge on any atom is 0.0272 e. The van der Waals surface area contributed by atoms with Crippen molar-refractivity contribution in [2.24, 2.45) is 5.73 Å². The fourth-order valence-corrected chi connectivity index (χ4v) is 1.89. The predicted octanol–water partition coefficient (Wildman–Crippen LogP) is 2.67. The number of benzene rings is 1. The summed E-state index contributed by atoms with van der Waals surface area (Å²) < 4.78 is 0. The third-order valence-electron chi connectivity index (χ3n) is 2.59. The first kappa shape index (κ1) is 8.52. The van der Waals surface area contributed by atoms with Crippen molar-refractivity contribution in [3.05, 3.63) is 41.0 Å². The second-order valence-electron chi connectivity index (χ2n) is 3.65. The normalized spacial score (nSPS) is 16.8. The molecule has 0 radical (unpaired) electrons. The fraction of sp³-hybridized carbons (Fsp3) is 0.333. The van der Waals surface area contributed by atoms with Crippen molar-refractivity contribution in [1.29, 1.82) is 0 Å². The number of fused-ring (bicyclic) bond motifs is 1. The Hall–Kier alpha value is -1.08. The maximum absolute atomic E-state index is 5.90. The van der Waals surface area contributed by atoms with Gasteiger partial charge < -0.3 is 5.73 Å². The molecule has 1 aromatic rings. The van der Waals surface area contributed by atoms with E-state index in [9.17, 15) is 0 Å². The summed E-state index contributed by atoms with van der Waals surface area (Å²) in [4.78, 5) is 0. The van der Waals surface area contributed by atoms with Gasteiger partial charge in [-0.05, 0) is 36.5 Å². The van der Waals surface area contributed by atoms with Crippen LogP contribution in [0.2, 0.25) is 0 Å². The summed E-state index contributed by atoms with van der Waals surface area (Å²) in [6.45, 7) is 2.04. The molecule has 0 aliphatic heterocycles. The second kappa shape index (κ2) is 3.35. The molecule has 1 heteroatoms. The third kappa shape index (κ3) is 1.52. The van der Waals surface area contributed by atoms with E-state index in [-0.39, 0.29) is 6.04 Å². The Kier molecular flexibility index (Phi) is 2.19. The predicted molar refractivity (Wildman–Crippen MR) is 56.4 cm³/mol. The quantitative estimate of drug-likeness (QED) is 0.694. The molecule has 68 valence electrons. The van der Waals surface area contributed by atoms with Crippen molar-refractivity contribution in [3.63, 3.8) is 0 Å². The maximum atomic E-state index is 5.90. The van der Waals surface area contributed by atoms with Gasteiger partial charge in [0.2, 0.25) is 0 Å². The Labute approximate surface area is 79.3 Å². The van der Waals surface area contributed by atoms with E-state index in [1.807, 2.05) is 6.92 Å². The Morgan fingerprint density at radius 1 is 1.38 bits per heavy atom. The zero-order valence-electron chi connectivity index (χ0n) is 7.96. The van der Waals surface area contributed by atoms with Crippen LogP contribution in [0, 0.1) is 0 Å². The summed E-state index contributed by atoms with van der Waals surface area (Å²) in [6.07, 6.45) is 6.76. The van der Waals surface area contributed by atoms with E-state index in [0.717, 1.165) is 12.8 Å². The molecule has 13 heavy (non-hydrogen) atoms. The standard InChI is InChI=1S/C12H15N/c1-9(13)11-8-4-6-10-5-2-3-7-12(10)11/h3-4,6-9H,2,5,13H2,1H3/t9-/m0/s1. The molecule has 0 aromatic heterocycles. The molecule has 2 rings (SSSR count). The number of allylic oxidation sites excluding steroid dienone is 1. The van der Waals surface area contributed by atoms with E-state index in [0.29, 0.717) is 0 Å². The van der Waals surface area contributed by atoms with Crippen LogP contribution in [0.15, 0.2) is 24.3 Å². The van der Waals surface area contributed by atoms with Crippen molar-refractivity contribution in [2.75, 3.05) is 0 Å². The topological polar surface area (TPSA) is 26.0 Å². The summed E-state index contributed by atoms with van der Waals surface area (Å²) in [5, 5.41) is 0. The Bertz CT molecular complexity index is 337. The van der Waals surface area contributed by atoms with Crippen molar-refractivity contribution in [3.8, 4) is 0 Å². The molecule has 0 amide bonds. The number of hydrogen-bond acceptors (Lipinski definition) is 1. The third-order valence-corrected chi connectivity index (χ3v) is 2.59. The van der Waals surface area contributed by atoms with Gasteiger partial charge in [0.05, 0.1) is 0 Å². The Morgan fingerprint density at radius 3 is 3.00 bits per heavy atom. The molecule has 1 aliphatic carbocycles. The van der Waals surface area contributed by atoms with E-state index >= 15 is 0 Å². The van der Waals surface area contributed by atoms with Gasteiger partial charge in [0.25, 0.3) is 0 Å². The molecular formula is C12H15N. The Balaban J connectivity index is 2.54. The van der Waals surface area contributed by atoms with Crippen LogP contribution in [0.4, 0.5) is 0 Å². The van der Waals surface area contributed by atoms with Crippen LogP contribution < -0.4 is 5.73 Å². The highest BCUT2D eigenvalue weighted by atomic mass is 14.6. The van der Waals surface area contributed by atoms with Crippen LogP contribution in [0.1, 0.15) is 36.1 Å². The molecule has 0 bridgehead atoms. The molecular weight excluding hydrogens is 158 g/mol. The number of aryl methyl sites for hydroxylation is 1. The molecule has 1 aromatic carbocycles. The first-order chi connectivity index (χ1) is 6.29. The highest BCUT2D eigenvalue weighted by molar-refractivity contribution is 5.60. The lowest BCUT2D eigenvalue weighted by Crippen LogP contribution is -2.09. The average molecular weight is 173 g/mol. The summed E-state index contributed by atoms with van der Waals surface area (Å²) in [5.41, 5.74) is 9.97. The lowest BCUT2D eigenvalue weighted by molar-refractivity contribution is 0.809. The van der Waals surface area contributed by atoms with Crippen molar-refractivity contribution < 1.29 is 0 Å². The minimum Gasteiger partial charge on any atom is -0.324 e. The van der Waals surface area contributed by atoms with Crippen LogP contribution in [-0.4, -0.2) is 0 Å². The number of hydrogen-bond donors (Lipinski definition) is 1. The van der Waals surface area contributed by atoms with E-state index < -0.39 is 0 Å². The van der Waals surface area contributed by atoms with E-state index in [1.54, 1.807) is 0 Å². The molecule has 0 heterocycles. The lowest BCUT2D eigenvalue weighted by atomic mass is 9.91. The average Bonchev–Trinajstić information content (AvgIpc) is 2.17. The Morgan fingerprint density at radius 2 is 2.23 bits per heavy atom. The van der Waals surface area contributed by atoms with Gasteiger partial charge >= 0.3 is 0 Å². The molecule has 1 atom stereocenters. The van der Waals surface area contributed by atoms with Crippen molar-refractivity contribution >= 4 is 6.08 Å². The number of rotatable bonds is 1. The van der Waals surface area contributed by atoms with Crippen LogP contribution in [0.3, 0.4) is 0 Å². The summed E-state index contributed by atoms with van der Waals surface area (Å²) in [5.74, 6) is 0. The summed E-state index contributed by atoms with van der Waals surface area (Å²) >= 11 is 0. The van der Waals surface area contributed by atoms with Crippen molar-refractivity contribution in [1.82, 2.24) is 0 Å². The fourth-order valence-electron chi connectivity index (χ4n) is 1.89. The largest absolute Gasteiger partial charge is 0.324 e. The minimum atomic E-state index is 0.137. The van der Waals surface area contributed by atoms with E-state index in [2.05, 4.69) is 30.4 Å². The molecule has 0 unspecified atom stereocenters. The number of nitrogens with two attached hydrogens (primary N) is 1. The highest BCUT2D eigenvalue weighted by Crippen LogP contribution is 2.25. The minimum absolute atomic E-state index is 0.137. The zero-order chi connectivity index (χ0) is 9.26. The van der Waals surface area contributed by atoms with Crippen LogP contribution in [0.25, 0.3) is 6.08 Å². The molecule has 1 aliphatic rings. The van der Waals surface area contributed by atoms with Gasteiger partial charge in [0.1, 0.15) is 0 Å². The molecule has 0 spiro atoms. The van der Waals surface area contributed by atoms with E-state index in [4.69, 9.17) is 5.73 Å². The first-order valence-corrected chi connectivity index (χ1v) is 4.83. The summed E-state index contributed by atoms with van der Waals surface area (Å²) in [6, 6.07) is 6.57. The van der Waals surface area contributed by atoms with Crippen LogP contribution in [0.5, 0.6) is 0 Å². The lowest BCUT2D eigenvalue weighted by Gasteiger charge is -2.16. The van der Waals surface area contributed by atoms with Crippen molar-refractivity contribution in [2.45, 2.75) is 25.8 Å². The molecule has 2 N–H and O–H groups in total. The monoisotopic (exact) mass is 173 g/mol. The second-order valence-corrected chi connectivity index (χ2v) is 3.65. The van der Waals surface area contributed by atoms with Crippen LogP contribution in [-0.2, 0) is 6.42 Å². The van der Waals surface area contributed by atoms with Crippen LogP contribution >= 0.6 is 0 Å². The summed E-state index contributed by atoms with van der Waals surface area (Å²) in [7, 11) is 0. The van der Waals surface area contributed by atoms with Gasteiger partial charge in [-0.15, -0.1) is 0 Å². The van der Waals surface area contributed by atoms with Gasteiger partial charge in [-0.2, -0.15) is 0 Å². The van der Waals surface area contributed by atoms with E-state index in [1.165, 1.54) is 16.7 Å².